The van der Waals surface area contributed by atoms with Gasteiger partial charge in [0.25, 0.3) is 0 Å². The topological polar surface area (TPSA) is 23.9 Å². The molecule has 1 N–H and O–H groups in total. The molecular weight excluding hydrogens is 190 g/mol. The van der Waals surface area contributed by atoms with E-state index in [1.54, 1.807) is 6.92 Å². The number of halogens is 1. The van der Waals surface area contributed by atoms with Crippen molar-refractivity contribution in [1.29, 1.82) is 5.41 Å². The molecule has 0 atom stereocenters. The van der Waals surface area contributed by atoms with Crippen molar-refractivity contribution in [3.63, 3.8) is 0 Å². The highest BCUT2D eigenvalue weighted by Crippen LogP contribution is 1.78. The summed E-state index contributed by atoms with van der Waals surface area (Å²) >= 11 is 2.85. The van der Waals surface area contributed by atoms with Crippen LogP contribution < -0.4 is 0 Å². The maximum atomic E-state index is 6.81. The van der Waals surface area contributed by atoms with Crippen molar-refractivity contribution in [2.45, 2.75) is 6.92 Å². The van der Waals surface area contributed by atoms with Gasteiger partial charge in [0.2, 0.25) is 0 Å². The Labute approximate surface area is 68.8 Å². The Kier molecular flexibility index (Phi) is 5.26. The Morgan fingerprint density at radius 3 is 2.30 bits per heavy atom. The van der Waals surface area contributed by atoms with Crippen LogP contribution in [0.1, 0.15) is 6.92 Å². The molecule has 0 aromatic rings. The van der Waals surface area contributed by atoms with Crippen molar-refractivity contribution in [1.82, 2.24) is 0 Å². The summed E-state index contributed by atoms with van der Waals surface area (Å²) in [6.07, 6.45) is 0. The van der Waals surface area contributed by atoms with E-state index in [0.29, 0.717) is 0 Å². The molecule has 0 saturated heterocycles. The van der Waals surface area contributed by atoms with Gasteiger partial charge in [-0.05, 0) is 52.5 Å². The molecule has 0 aliphatic heterocycles. The largest absolute Gasteiger partial charge is 0.286 e. The molecule has 0 radical (unpaired) electrons. The number of hydrogen-bond acceptors (Lipinski definition) is 1. The summed E-state index contributed by atoms with van der Waals surface area (Å²) in [7, 11) is 0. The Hall–Kier alpha value is -1.17. The zero-order valence-electron chi connectivity index (χ0n) is 5.38. The van der Waals surface area contributed by atoms with E-state index in [4.69, 9.17) is 5.41 Å². The lowest BCUT2D eigenvalue weighted by molar-refractivity contribution is 1.58. The number of nitrogens with one attached hydrogen (secondary N) is 1. The molecule has 0 fully saturated rings. The molecule has 0 aromatic carbocycles. The number of rotatable bonds is 0. The zero-order chi connectivity index (χ0) is 7.82. The van der Waals surface area contributed by atoms with Crippen LogP contribution in [0, 0.1) is 40.9 Å². The minimum atomic E-state index is 0.131. The van der Waals surface area contributed by atoms with Gasteiger partial charge in [-0.15, -0.1) is 0 Å². The van der Waals surface area contributed by atoms with Crippen LogP contribution in [0.5, 0.6) is 0 Å². The average molecular weight is 194 g/mol. The molecule has 0 rings (SSSR count). The van der Waals surface area contributed by atoms with Gasteiger partial charge in [-0.3, -0.25) is 5.41 Å². The van der Waals surface area contributed by atoms with E-state index in [-0.39, 0.29) is 4.62 Å². The molecule has 0 aliphatic carbocycles. The molecule has 0 amide bonds. The fourth-order valence-corrected chi connectivity index (χ4v) is 0.310. The van der Waals surface area contributed by atoms with E-state index < -0.39 is 0 Å². The highest BCUT2D eigenvalue weighted by atomic mass is 79.9. The summed E-state index contributed by atoms with van der Waals surface area (Å²) in [5.74, 6) is 14.9. The smallest absolute Gasteiger partial charge is 0.149 e. The molecule has 0 aromatic heterocycles. The van der Waals surface area contributed by atoms with Crippen molar-refractivity contribution in [3.8, 4) is 35.5 Å². The molecule has 10 heavy (non-hydrogen) atoms. The van der Waals surface area contributed by atoms with Gasteiger partial charge in [-0.2, -0.15) is 0 Å². The molecule has 1 nitrogen and oxygen atoms in total. The van der Waals surface area contributed by atoms with E-state index in [2.05, 4.69) is 51.5 Å². The first-order valence-electron chi connectivity index (χ1n) is 2.44. The minimum absolute atomic E-state index is 0.131. The first-order valence-corrected chi connectivity index (χ1v) is 3.23. The van der Waals surface area contributed by atoms with Gasteiger partial charge in [0.05, 0.1) is 0 Å². The summed E-state index contributed by atoms with van der Waals surface area (Å²) in [5, 5.41) is 6.81. The summed E-state index contributed by atoms with van der Waals surface area (Å²) < 4.78 is 0.131. The summed E-state index contributed by atoms with van der Waals surface area (Å²) in [6, 6.07) is 0. The van der Waals surface area contributed by atoms with Crippen LogP contribution in [0.25, 0.3) is 0 Å². The summed E-state index contributed by atoms with van der Waals surface area (Å²) in [5.41, 5.74) is 0. The Bertz CT molecular complexity index is 295. The fraction of sp³-hybridized carbons (Fsp3) is 0.125. The lowest BCUT2D eigenvalue weighted by atomic mass is 10.5. The molecule has 0 unspecified atom stereocenters. The van der Waals surface area contributed by atoms with Crippen molar-refractivity contribution in [2.75, 3.05) is 0 Å². The van der Waals surface area contributed by atoms with Gasteiger partial charge in [0, 0.05) is 0 Å². The summed E-state index contributed by atoms with van der Waals surface area (Å²) in [6.45, 7) is 1.70. The van der Waals surface area contributed by atoms with Gasteiger partial charge in [0.1, 0.15) is 4.62 Å². The Morgan fingerprint density at radius 1 is 1.20 bits per heavy atom. The molecule has 2 heteroatoms. The van der Waals surface area contributed by atoms with E-state index in [1.165, 1.54) is 0 Å². The monoisotopic (exact) mass is 193 g/mol. The molecule has 48 valence electrons. The molecular formula is C8H4BrN. The molecule has 0 spiro atoms. The summed E-state index contributed by atoms with van der Waals surface area (Å²) in [4.78, 5) is 0. The molecule has 0 saturated carbocycles. The second-order valence-corrected chi connectivity index (χ2v) is 1.98. The number of hydrogen-bond donors (Lipinski definition) is 1. The van der Waals surface area contributed by atoms with Crippen molar-refractivity contribution < 1.29 is 0 Å². The van der Waals surface area contributed by atoms with Gasteiger partial charge < -0.3 is 0 Å². The van der Waals surface area contributed by atoms with Crippen LogP contribution in [0.3, 0.4) is 0 Å². The van der Waals surface area contributed by atoms with Gasteiger partial charge in [0.15, 0.2) is 0 Å². The van der Waals surface area contributed by atoms with E-state index in [1.807, 2.05) is 0 Å². The lowest BCUT2D eigenvalue weighted by Crippen LogP contribution is -1.69. The predicted molar refractivity (Wildman–Crippen MR) is 45.7 cm³/mol. The van der Waals surface area contributed by atoms with Crippen LogP contribution >= 0.6 is 15.9 Å². The van der Waals surface area contributed by atoms with E-state index >= 15 is 0 Å². The van der Waals surface area contributed by atoms with Crippen LogP contribution in [0.2, 0.25) is 0 Å². The van der Waals surface area contributed by atoms with Gasteiger partial charge in [-0.1, -0.05) is 5.92 Å². The van der Waals surface area contributed by atoms with Crippen LogP contribution in [-0.2, 0) is 0 Å². The van der Waals surface area contributed by atoms with Crippen molar-refractivity contribution in [2.24, 2.45) is 0 Å². The van der Waals surface area contributed by atoms with Crippen molar-refractivity contribution >= 4 is 20.6 Å². The Balaban J connectivity index is 3.98. The van der Waals surface area contributed by atoms with Crippen LogP contribution in [0.15, 0.2) is 0 Å². The highest BCUT2D eigenvalue weighted by molar-refractivity contribution is 9.18. The average Bonchev–Trinajstić information content (AvgIpc) is 1.87. The molecule has 0 heterocycles. The molecule has 0 bridgehead atoms. The third kappa shape index (κ3) is 6.83. The lowest BCUT2D eigenvalue weighted by Gasteiger charge is -1.65. The predicted octanol–water partition coefficient (Wildman–Crippen LogP) is 1.39. The molecule has 0 aliphatic rings. The third-order valence-electron chi connectivity index (χ3n) is 0.485. The Morgan fingerprint density at radius 2 is 1.80 bits per heavy atom. The minimum Gasteiger partial charge on any atom is -0.286 e. The van der Waals surface area contributed by atoms with E-state index in [9.17, 15) is 0 Å². The van der Waals surface area contributed by atoms with Gasteiger partial charge >= 0.3 is 0 Å². The standard InChI is InChI=1S/C8H4BrN/c1-2-3-4-5-6-7-8(9)10/h10H,1H3. The quantitative estimate of drug-likeness (QED) is 0.445. The van der Waals surface area contributed by atoms with Crippen molar-refractivity contribution in [3.05, 3.63) is 0 Å². The zero-order valence-corrected chi connectivity index (χ0v) is 6.96. The van der Waals surface area contributed by atoms with Crippen LogP contribution in [-0.4, -0.2) is 4.62 Å². The SMILES string of the molecule is CC#CC#CC#CC(=N)Br. The second-order valence-electron chi connectivity index (χ2n) is 1.19. The van der Waals surface area contributed by atoms with E-state index in [0.717, 1.165) is 0 Å². The maximum absolute atomic E-state index is 6.81. The van der Waals surface area contributed by atoms with Gasteiger partial charge in [-0.25, -0.2) is 0 Å². The second kappa shape index (κ2) is 5.96. The maximum Gasteiger partial charge on any atom is 0.149 e. The normalized spacial score (nSPS) is 5.00. The first-order chi connectivity index (χ1) is 4.77. The fourth-order valence-electron chi connectivity index (χ4n) is 0.211. The van der Waals surface area contributed by atoms with Crippen LogP contribution in [0.4, 0.5) is 0 Å². The first kappa shape index (κ1) is 8.83. The third-order valence-corrected chi connectivity index (χ3v) is 0.683. The highest BCUT2D eigenvalue weighted by Gasteiger charge is 1.71.